The minimum Gasteiger partial charge on any atom is -0.337 e. The van der Waals surface area contributed by atoms with E-state index >= 15 is 0 Å². The molecule has 1 amide bonds. The van der Waals surface area contributed by atoms with Gasteiger partial charge in [-0.2, -0.15) is 5.10 Å². The Bertz CT molecular complexity index is 804. The van der Waals surface area contributed by atoms with Gasteiger partial charge >= 0.3 is 0 Å². The number of hydrogen-bond donors (Lipinski definition) is 1. The lowest BCUT2D eigenvalue weighted by atomic mass is 9.91. The highest BCUT2D eigenvalue weighted by atomic mass is 35.5. The van der Waals surface area contributed by atoms with Crippen molar-refractivity contribution in [2.75, 3.05) is 13.1 Å². The molecule has 1 unspecified atom stereocenters. The Morgan fingerprint density at radius 3 is 2.48 bits per heavy atom. The smallest absolute Gasteiger partial charge is 0.274 e. The molecule has 1 saturated heterocycles. The predicted molar refractivity (Wildman–Crippen MR) is 110 cm³/mol. The highest BCUT2D eigenvalue weighted by molar-refractivity contribution is 5.94. The number of likely N-dealkylation sites (tertiary alicyclic amines) is 1. The van der Waals surface area contributed by atoms with Crippen LogP contribution < -0.4 is 5.73 Å². The molecule has 1 aliphatic heterocycles. The summed E-state index contributed by atoms with van der Waals surface area (Å²) in [5.74, 6) is 0.618. The lowest BCUT2D eigenvalue weighted by Gasteiger charge is -2.33. The maximum absolute atomic E-state index is 13.2. The maximum Gasteiger partial charge on any atom is 0.274 e. The van der Waals surface area contributed by atoms with Crippen LogP contribution >= 0.6 is 12.4 Å². The highest BCUT2D eigenvalue weighted by Crippen LogP contribution is 2.30. The lowest BCUT2D eigenvalue weighted by molar-refractivity contribution is 0.0673. The second-order valence-electron chi connectivity index (χ2n) is 7.86. The molecule has 2 heterocycles. The van der Waals surface area contributed by atoms with Crippen molar-refractivity contribution < 1.29 is 4.79 Å². The van der Waals surface area contributed by atoms with Crippen molar-refractivity contribution >= 4 is 18.3 Å². The van der Waals surface area contributed by atoms with Gasteiger partial charge in [-0.25, -0.2) is 4.68 Å². The van der Waals surface area contributed by atoms with Gasteiger partial charge in [0.15, 0.2) is 5.69 Å². The summed E-state index contributed by atoms with van der Waals surface area (Å²) < 4.78 is 1.99. The highest BCUT2D eigenvalue weighted by Gasteiger charge is 2.32. The quantitative estimate of drug-likeness (QED) is 0.877. The van der Waals surface area contributed by atoms with Crippen LogP contribution in [0.1, 0.15) is 53.5 Å². The molecule has 0 saturated carbocycles. The molecule has 1 aromatic carbocycles. The zero-order chi connectivity index (χ0) is 18.3. The Kier molecular flexibility index (Phi) is 5.92. The summed E-state index contributed by atoms with van der Waals surface area (Å²) in [5, 5.41) is 4.76. The van der Waals surface area contributed by atoms with Crippen molar-refractivity contribution in [3.8, 4) is 5.69 Å². The molecule has 1 fully saturated rings. The van der Waals surface area contributed by atoms with E-state index in [-0.39, 0.29) is 24.4 Å². The third-order valence-electron chi connectivity index (χ3n) is 5.98. The van der Waals surface area contributed by atoms with E-state index in [2.05, 4.69) is 38.1 Å². The number of aryl methyl sites for hydroxylation is 1. The van der Waals surface area contributed by atoms with E-state index in [1.54, 1.807) is 0 Å². The van der Waals surface area contributed by atoms with Crippen LogP contribution in [0.5, 0.6) is 0 Å². The van der Waals surface area contributed by atoms with E-state index in [4.69, 9.17) is 10.8 Å². The summed E-state index contributed by atoms with van der Waals surface area (Å²) in [6, 6.07) is 8.57. The summed E-state index contributed by atoms with van der Waals surface area (Å²) in [6.45, 7) is 5.73. The summed E-state index contributed by atoms with van der Waals surface area (Å²) in [4.78, 5) is 15.1. The first-order valence-corrected chi connectivity index (χ1v) is 9.77. The molecular weight excluding hydrogens is 360 g/mol. The van der Waals surface area contributed by atoms with Crippen LogP contribution in [0.15, 0.2) is 24.3 Å². The third kappa shape index (κ3) is 3.76. The van der Waals surface area contributed by atoms with Crippen molar-refractivity contribution in [1.82, 2.24) is 14.7 Å². The molecule has 0 radical (unpaired) electrons. The Hall–Kier alpha value is -1.85. The lowest BCUT2D eigenvalue weighted by Crippen LogP contribution is -2.42. The zero-order valence-corrected chi connectivity index (χ0v) is 17.0. The van der Waals surface area contributed by atoms with E-state index in [1.807, 2.05) is 9.58 Å². The molecule has 0 spiro atoms. The summed E-state index contributed by atoms with van der Waals surface area (Å²) in [6.07, 6.45) is 5.04. The monoisotopic (exact) mass is 388 g/mol. The number of halogens is 1. The number of piperidine rings is 1. The SMILES string of the molecule is Cc1ccc(-n2nc(C(=O)N3CCC(C(C)N)CC3)c3c2CCC3)cc1.Cl. The average molecular weight is 389 g/mol. The van der Waals surface area contributed by atoms with Gasteiger partial charge in [-0.1, -0.05) is 17.7 Å². The fraction of sp³-hybridized carbons (Fsp3) is 0.524. The summed E-state index contributed by atoms with van der Waals surface area (Å²) in [7, 11) is 0. The molecular formula is C21H29ClN4O. The number of aromatic nitrogens is 2. The van der Waals surface area contributed by atoms with Gasteiger partial charge in [0, 0.05) is 30.4 Å². The Balaban J connectivity index is 0.00000210. The molecule has 27 heavy (non-hydrogen) atoms. The van der Waals surface area contributed by atoms with E-state index in [0.29, 0.717) is 11.6 Å². The van der Waals surface area contributed by atoms with Crippen molar-refractivity contribution in [3.05, 3.63) is 46.8 Å². The van der Waals surface area contributed by atoms with Gasteiger partial charge in [-0.3, -0.25) is 4.79 Å². The van der Waals surface area contributed by atoms with Crippen LogP contribution in [0.4, 0.5) is 0 Å². The Labute approximate surface area is 167 Å². The van der Waals surface area contributed by atoms with E-state index in [9.17, 15) is 4.79 Å². The van der Waals surface area contributed by atoms with Gasteiger partial charge in [0.25, 0.3) is 5.91 Å². The number of hydrogen-bond acceptors (Lipinski definition) is 3. The van der Waals surface area contributed by atoms with Crippen LogP contribution in [-0.4, -0.2) is 39.7 Å². The number of nitrogens with zero attached hydrogens (tertiary/aromatic N) is 3. The summed E-state index contributed by atoms with van der Waals surface area (Å²) in [5.41, 5.74) is 11.3. The number of carbonyl (C=O) groups excluding carboxylic acids is 1. The maximum atomic E-state index is 13.2. The molecule has 1 aromatic heterocycles. The van der Waals surface area contributed by atoms with Crippen LogP contribution in [0.3, 0.4) is 0 Å². The molecule has 1 aliphatic carbocycles. The third-order valence-corrected chi connectivity index (χ3v) is 5.98. The Morgan fingerprint density at radius 1 is 1.19 bits per heavy atom. The largest absolute Gasteiger partial charge is 0.337 e. The molecule has 5 nitrogen and oxygen atoms in total. The molecule has 4 rings (SSSR count). The first-order chi connectivity index (χ1) is 12.5. The van der Waals surface area contributed by atoms with E-state index in [0.717, 1.165) is 56.4 Å². The van der Waals surface area contributed by atoms with Gasteiger partial charge in [0.1, 0.15) is 0 Å². The molecule has 0 bridgehead atoms. The fourth-order valence-electron chi connectivity index (χ4n) is 4.29. The van der Waals surface area contributed by atoms with Crippen LogP contribution in [0, 0.1) is 12.8 Å². The van der Waals surface area contributed by atoms with Crippen LogP contribution in [-0.2, 0) is 12.8 Å². The second kappa shape index (κ2) is 8.03. The van der Waals surface area contributed by atoms with Crippen molar-refractivity contribution in [2.24, 2.45) is 11.7 Å². The number of rotatable bonds is 3. The van der Waals surface area contributed by atoms with Gasteiger partial charge in [0.2, 0.25) is 0 Å². The minimum atomic E-state index is 0. The molecule has 146 valence electrons. The van der Waals surface area contributed by atoms with Crippen molar-refractivity contribution in [1.29, 1.82) is 0 Å². The zero-order valence-electron chi connectivity index (χ0n) is 16.1. The molecule has 2 aromatic rings. The topological polar surface area (TPSA) is 64.2 Å². The van der Waals surface area contributed by atoms with Gasteiger partial charge in [-0.15, -0.1) is 12.4 Å². The van der Waals surface area contributed by atoms with Gasteiger partial charge < -0.3 is 10.6 Å². The van der Waals surface area contributed by atoms with E-state index < -0.39 is 0 Å². The van der Waals surface area contributed by atoms with Gasteiger partial charge in [0.05, 0.1) is 5.69 Å². The first kappa shape index (κ1) is 19.9. The molecule has 2 aliphatic rings. The van der Waals surface area contributed by atoms with Gasteiger partial charge in [-0.05, 0) is 64.0 Å². The molecule has 2 N–H and O–H groups in total. The average Bonchev–Trinajstić information content (AvgIpc) is 3.25. The van der Waals surface area contributed by atoms with Crippen LogP contribution in [0.2, 0.25) is 0 Å². The summed E-state index contributed by atoms with van der Waals surface area (Å²) >= 11 is 0. The van der Waals surface area contributed by atoms with E-state index in [1.165, 1.54) is 11.3 Å². The van der Waals surface area contributed by atoms with Crippen molar-refractivity contribution in [3.63, 3.8) is 0 Å². The normalized spacial score (nSPS) is 18.1. The number of carbonyl (C=O) groups is 1. The van der Waals surface area contributed by atoms with Crippen molar-refractivity contribution in [2.45, 2.75) is 52.0 Å². The standard InChI is InChI=1S/C21H28N4O.ClH/c1-14-6-8-17(9-7-14)25-19-5-3-4-18(19)20(23-25)21(26)24-12-10-16(11-13-24)15(2)22;/h6-9,15-16H,3-5,10-13,22H2,1-2H3;1H. The van der Waals surface area contributed by atoms with Crippen LogP contribution in [0.25, 0.3) is 5.69 Å². The minimum absolute atomic E-state index is 0. The Morgan fingerprint density at radius 2 is 1.85 bits per heavy atom. The number of amides is 1. The second-order valence-corrected chi connectivity index (χ2v) is 7.86. The molecule has 6 heteroatoms. The first-order valence-electron chi connectivity index (χ1n) is 9.77. The fourth-order valence-corrected chi connectivity index (χ4v) is 4.29. The predicted octanol–water partition coefficient (Wildman–Crippen LogP) is 3.29. The number of benzene rings is 1. The number of fused-ring (bicyclic) bond motifs is 1. The number of nitrogens with two attached hydrogens (primary N) is 1. The molecule has 1 atom stereocenters.